The van der Waals surface area contributed by atoms with E-state index < -0.39 is 0 Å². The molecule has 4 nitrogen and oxygen atoms in total. The van der Waals surface area contributed by atoms with Crippen LogP contribution in [-0.2, 0) is 0 Å². The van der Waals surface area contributed by atoms with Crippen LogP contribution in [0, 0.1) is 0 Å². The van der Waals surface area contributed by atoms with Gasteiger partial charge in [-0.2, -0.15) is 0 Å². The van der Waals surface area contributed by atoms with Crippen LogP contribution in [0.2, 0.25) is 0 Å². The molecule has 2 N–H and O–H groups in total. The molecule has 0 aliphatic carbocycles. The average Bonchev–Trinajstić information content (AvgIpc) is 2.96. The molecular weight excluding hydrogens is 484 g/mol. The molecule has 218 valence electrons. The SMILES string of the molecule is C/C(=C/c1ccc(OCCCCCCCCCCO)cc1)c1ccc(OCCCCCCCCCCO)cc1. The van der Waals surface area contributed by atoms with Crippen molar-refractivity contribution in [1.29, 1.82) is 0 Å². The van der Waals surface area contributed by atoms with E-state index in [1.165, 1.54) is 80.9 Å². The first-order valence-corrected chi connectivity index (χ1v) is 15.6. The average molecular weight is 539 g/mol. The van der Waals surface area contributed by atoms with Crippen molar-refractivity contribution in [3.05, 3.63) is 59.7 Å². The highest BCUT2D eigenvalue weighted by Crippen LogP contribution is 2.22. The zero-order valence-corrected chi connectivity index (χ0v) is 24.5. The summed E-state index contributed by atoms with van der Waals surface area (Å²) in [5, 5.41) is 17.6. The molecule has 0 bridgehead atoms. The Bertz CT molecular complexity index is 857. The first-order chi connectivity index (χ1) is 19.2. The van der Waals surface area contributed by atoms with Gasteiger partial charge in [-0.15, -0.1) is 0 Å². The van der Waals surface area contributed by atoms with E-state index >= 15 is 0 Å². The predicted octanol–water partition coefficient (Wildman–Crippen LogP) is 9.23. The lowest BCUT2D eigenvalue weighted by Gasteiger charge is -2.09. The van der Waals surface area contributed by atoms with Crippen molar-refractivity contribution in [2.24, 2.45) is 0 Å². The summed E-state index contributed by atoms with van der Waals surface area (Å²) in [5.41, 5.74) is 3.61. The van der Waals surface area contributed by atoms with E-state index in [0.717, 1.165) is 63.2 Å². The minimum absolute atomic E-state index is 0.327. The van der Waals surface area contributed by atoms with Crippen molar-refractivity contribution in [1.82, 2.24) is 0 Å². The maximum absolute atomic E-state index is 8.81. The molecule has 2 aromatic rings. The van der Waals surface area contributed by atoms with Gasteiger partial charge in [0.1, 0.15) is 11.5 Å². The van der Waals surface area contributed by atoms with Crippen LogP contribution in [0.1, 0.15) is 121 Å². The Kier molecular flexibility index (Phi) is 19.0. The lowest BCUT2D eigenvalue weighted by molar-refractivity contribution is 0.281. The second-order valence-electron chi connectivity index (χ2n) is 10.7. The van der Waals surface area contributed by atoms with Gasteiger partial charge < -0.3 is 19.7 Å². The normalized spacial score (nSPS) is 11.6. The summed E-state index contributed by atoms with van der Waals surface area (Å²) in [6, 6.07) is 16.8. The molecule has 2 rings (SSSR count). The number of aliphatic hydroxyl groups excluding tert-OH is 2. The van der Waals surface area contributed by atoms with Crippen LogP contribution in [0.3, 0.4) is 0 Å². The minimum atomic E-state index is 0.327. The largest absolute Gasteiger partial charge is 0.494 e. The van der Waals surface area contributed by atoms with E-state index in [4.69, 9.17) is 19.7 Å². The first-order valence-electron chi connectivity index (χ1n) is 15.6. The maximum Gasteiger partial charge on any atom is 0.119 e. The summed E-state index contributed by atoms with van der Waals surface area (Å²) in [6.45, 7) is 4.36. The van der Waals surface area contributed by atoms with Crippen molar-refractivity contribution in [3.8, 4) is 11.5 Å². The summed E-state index contributed by atoms with van der Waals surface area (Å²) >= 11 is 0. The van der Waals surface area contributed by atoms with Crippen LogP contribution in [0.25, 0.3) is 11.6 Å². The molecule has 0 aliphatic heterocycles. The molecule has 0 unspecified atom stereocenters. The monoisotopic (exact) mass is 538 g/mol. The van der Waals surface area contributed by atoms with Crippen LogP contribution in [-0.4, -0.2) is 36.6 Å². The molecule has 0 saturated carbocycles. The molecule has 0 radical (unpaired) electrons. The van der Waals surface area contributed by atoms with Gasteiger partial charge in [0.25, 0.3) is 0 Å². The minimum Gasteiger partial charge on any atom is -0.494 e. The predicted molar refractivity (Wildman–Crippen MR) is 165 cm³/mol. The molecule has 0 aromatic heterocycles. The number of allylic oxidation sites excluding steroid dienone is 1. The smallest absolute Gasteiger partial charge is 0.119 e. The maximum atomic E-state index is 8.81. The molecule has 2 aromatic carbocycles. The van der Waals surface area contributed by atoms with Gasteiger partial charge in [-0.1, -0.05) is 107 Å². The number of ether oxygens (including phenoxy) is 2. The third-order valence-corrected chi connectivity index (χ3v) is 7.22. The molecule has 4 heteroatoms. The summed E-state index contributed by atoms with van der Waals surface area (Å²) in [6.07, 6.45) is 21.2. The van der Waals surface area contributed by atoms with Crippen molar-refractivity contribution in [2.75, 3.05) is 26.4 Å². The van der Waals surface area contributed by atoms with Gasteiger partial charge in [0.15, 0.2) is 0 Å². The highest BCUT2D eigenvalue weighted by atomic mass is 16.5. The Morgan fingerprint density at radius 2 is 0.872 bits per heavy atom. The highest BCUT2D eigenvalue weighted by molar-refractivity contribution is 5.80. The molecular formula is C35H54O4. The zero-order valence-electron chi connectivity index (χ0n) is 24.5. The number of aliphatic hydroxyl groups is 2. The number of unbranched alkanes of at least 4 members (excludes halogenated alkanes) is 14. The molecule has 0 heterocycles. The van der Waals surface area contributed by atoms with Crippen LogP contribution in [0.15, 0.2) is 48.5 Å². The number of rotatable bonds is 24. The van der Waals surface area contributed by atoms with Gasteiger partial charge in [-0.3, -0.25) is 0 Å². The van der Waals surface area contributed by atoms with E-state index in [1.54, 1.807) is 0 Å². The topological polar surface area (TPSA) is 58.9 Å². The zero-order chi connectivity index (χ0) is 27.8. The highest BCUT2D eigenvalue weighted by Gasteiger charge is 2.01. The Labute approximate surface area is 238 Å². The lowest BCUT2D eigenvalue weighted by Crippen LogP contribution is -1.97. The van der Waals surface area contributed by atoms with E-state index in [2.05, 4.69) is 61.5 Å². The lowest BCUT2D eigenvalue weighted by atomic mass is 10.0. The van der Waals surface area contributed by atoms with Crippen molar-refractivity contribution in [3.63, 3.8) is 0 Å². The van der Waals surface area contributed by atoms with Crippen LogP contribution in [0.5, 0.6) is 11.5 Å². The first kappa shape index (κ1) is 32.9. The van der Waals surface area contributed by atoms with Crippen molar-refractivity contribution >= 4 is 11.6 Å². The Morgan fingerprint density at radius 3 is 1.28 bits per heavy atom. The quantitative estimate of drug-likeness (QED) is 0.103. The van der Waals surface area contributed by atoms with Gasteiger partial charge in [0, 0.05) is 13.2 Å². The molecule has 0 spiro atoms. The molecule has 39 heavy (non-hydrogen) atoms. The van der Waals surface area contributed by atoms with Gasteiger partial charge in [-0.05, 0) is 73.6 Å². The van der Waals surface area contributed by atoms with Gasteiger partial charge in [-0.25, -0.2) is 0 Å². The summed E-state index contributed by atoms with van der Waals surface area (Å²) in [7, 11) is 0. The fourth-order valence-corrected chi connectivity index (χ4v) is 4.74. The fraction of sp³-hybridized carbons (Fsp3) is 0.600. The van der Waals surface area contributed by atoms with E-state index in [0.29, 0.717) is 13.2 Å². The Balaban J connectivity index is 1.59. The molecule has 0 amide bonds. The second-order valence-corrected chi connectivity index (χ2v) is 10.7. The van der Waals surface area contributed by atoms with E-state index in [-0.39, 0.29) is 0 Å². The van der Waals surface area contributed by atoms with E-state index in [9.17, 15) is 0 Å². The Hall–Kier alpha value is -2.30. The van der Waals surface area contributed by atoms with Crippen LogP contribution < -0.4 is 9.47 Å². The van der Waals surface area contributed by atoms with Crippen molar-refractivity contribution in [2.45, 2.75) is 110 Å². The summed E-state index contributed by atoms with van der Waals surface area (Å²) < 4.78 is 11.9. The van der Waals surface area contributed by atoms with Gasteiger partial charge in [0.05, 0.1) is 13.2 Å². The fourth-order valence-electron chi connectivity index (χ4n) is 4.74. The molecule has 0 aliphatic rings. The number of hydrogen-bond acceptors (Lipinski definition) is 4. The van der Waals surface area contributed by atoms with Crippen molar-refractivity contribution < 1.29 is 19.7 Å². The summed E-state index contributed by atoms with van der Waals surface area (Å²) in [4.78, 5) is 0. The molecule has 0 saturated heterocycles. The standard InChI is InChI=1S/C35H54O4/c1-31(33-20-24-35(25-21-33)39-29-17-13-9-5-3-7-11-15-27-37)30-32-18-22-34(23-19-32)38-28-16-12-8-4-2-6-10-14-26-36/h18-25,30,36-37H,2-17,26-29H2,1H3/b31-30-. The third-order valence-electron chi connectivity index (χ3n) is 7.22. The number of hydrogen-bond donors (Lipinski definition) is 2. The summed E-state index contributed by atoms with van der Waals surface area (Å²) in [5.74, 6) is 1.88. The van der Waals surface area contributed by atoms with Crippen LogP contribution >= 0.6 is 0 Å². The van der Waals surface area contributed by atoms with Crippen LogP contribution in [0.4, 0.5) is 0 Å². The third kappa shape index (κ3) is 16.4. The molecule has 0 atom stereocenters. The Morgan fingerprint density at radius 1 is 0.513 bits per heavy atom. The second kappa shape index (κ2) is 22.5. The van der Waals surface area contributed by atoms with Gasteiger partial charge in [0.2, 0.25) is 0 Å². The number of benzene rings is 2. The van der Waals surface area contributed by atoms with E-state index in [1.807, 2.05) is 0 Å². The molecule has 0 fully saturated rings. The van der Waals surface area contributed by atoms with Gasteiger partial charge >= 0.3 is 0 Å².